The molecule has 0 radical (unpaired) electrons. The van der Waals surface area contributed by atoms with E-state index in [-0.39, 0.29) is 5.91 Å². The van der Waals surface area contributed by atoms with Gasteiger partial charge in [0.15, 0.2) is 0 Å². The largest absolute Gasteiger partial charge is 0.356 e. The van der Waals surface area contributed by atoms with Gasteiger partial charge in [-0.25, -0.2) is 4.98 Å². The molecule has 0 saturated carbocycles. The number of imidazole rings is 1. The van der Waals surface area contributed by atoms with E-state index in [4.69, 9.17) is 4.98 Å². The van der Waals surface area contributed by atoms with E-state index in [1.807, 2.05) is 6.20 Å². The number of hydrogen-bond donors (Lipinski definition) is 1. The molecule has 0 bridgehead atoms. The van der Waals surface area contributed by atoms with E-state index in [0.717, 1.165) is 54.1 Å². The second-order valence-electron chi connectivity index (χ2n) is 8.92. The van der Waals surface area contributed by atoms with Crippen LogP contribution in [-0.2, 0) is 11.2 Å². The summed E-state index contributed by atoms with van der Waals surface area (Å²) in [5.74, 6) is 0.0635. The highest BCUT2D eigenvalue weighted by molar-refractivity contribution is 5.81. The highest BCUT2D eigenvalue weighted by Crippen LogP contribution is 2.27. The van der Waals surface area contributed by atoms with E-state index < -0.39 is 0 Å². The van der Waals surface area contributed by atoms with Gasteiger partial charge in [-0.3, -0.25) is 4.79 Å². The molecule has 0 aliphatic carbocycles. The van der Waals surface area contributed by atoms with E-state index in [1.165, 1.54) is 37.1 Å². The summed E-state index contributed by atoms with van der Waals surface area (Å²) in [5.41, 5.74) is 7.47. The number of carbonyl (C=O) groups excluding carboxylic acids is 1. The van der Waals surface area contributed by atoms with Crippen molar-refractivity contribution in [3.63, 3.8) is 0 Å². The summed E-state index contributed by atoms with van der Waals surface area (Å²) in [7, 11) is 0. The summed E-state index contributed by atoms with van der Waals surface area (Å²) >= 11 is 0. The Labute approximate surface area is 185 Å². The first-order chi connectivity index (χ1) is 15.0. The van der Waals surface area contributed by atoms with Crippen molar-refractivity contribution in [2.45, 2.75) is 52.9 Å². The van der Waals surface area contributed by atoms with Crippen molar-refractivity contribution in [2.75, 3.05) is 26.2 Å². The van der Waals surface area contributed by atoms with Gasteiger partial charge in [0.05, 0.1) is 17.8 Å². The fourth-order valence-corrected chi connectivity index (χ4v) is 4.40. The Bertz CT molecular complexity index is 1060. The first-order valence-corrected chi connectivity index (χ1v) is 11.6. The molecule has 1 amide bonds. The van der Waals surface area contributed by atoms with Crippen molar-refractivity contribution in [1.82, 2.24) is 19.6 Å². The zero-order valence-corrected chi connectivity index (χ0v) is 19.1. The van der Waals surface area contributed by atoms with Gasteiger partial charge in [0.25, 0.3) is 0 Å². The molecule has 1 aliphatic heterocycles. The van der Waals surface area contributed by atoms with Gasteiger partial charge >= 0.3 is 0 Å². The zero-order valence-electron chi connectivity index (χ0n) is 19.1. The van der Waals surface area contributed by atoms with Gasteiger partial charge in [0.2, 0.25) is 5.91 Å². The van der Waals surface area contributed by atoms with Crippen LogP contribution >= 0.6 is 0 Å². The Kier molecular flexibility index (Phi) is 6.71. The van der Waals surface area contributed by atoms with Crippen LogP contribution in [-0.4, -0.2) is 46.4 Å². The molecule has 1 aromatic carbocycles. The lowest BCUT2D eigenvalue weighted by Crippen LogP contribution is -2.28. The van der Waals surface area contributed by atoms with Crippen LogP contribution in [0.15, 0.2) is 36.5 Å². The van der Waals surface area contributed by atoms with Crippen molar-refractivity contribution in [3.05, 3.63) is 58.9 Å². The molecule has 4 rings (SSSR count). The molecule has 0 unspecified atom stereocenters. The minimum atomic E-state index is 0.0635. The summed E-state index contributed by atoms with van der Waals surface area (Å²) in [5, 5.41) is 3.12. The number of aromatic nitrogens is 2. The molecule has 5 nitrogen and oxygen atoms in total. The van der Waals surface area contributed by atoms with Crippen LogP contribution in [0.25, 0.3) is 16.9 Å². The van der Waals surface area contributed by atoms with Crippen molar-refractivity contribution < 1.29 is 4.79 Å². The van der Waals surface area contributed by atoms with Crippen molar-refractivity contribution in [1.29, 1.82) is 0 Å². The van der Waals surface area contributed by atoms with Crippen molar-refractivity contribution in [2.24, 2.45) is 0 Å². The van der Waals surface area contributed by atoms with Gasteiger partial charge < -0.3 is 14.6 Å². The van der Waals surface area contributed by atoms with Gasteiger partial charge in [-0.15, -0.1) is 0 Å². The summed E-state index contributed by atoms with van der Waals surface area (Å²) < 4.78 is 2.06. The number of fused-ring (bicyclic) bond motifs is 1. The molecule has 3 aromatic rings. The maximum atomic E-state index is 12.8. The smallest absolute Gasteiger partial charge is 0.226 e. The third kappa shape index (κ3) is 5.16. The molecule has 0 atom stereocenters. The minimum absolute atomic E-state index is 0.0635. The molecule has 1 N–H and O–H groups in total. The fourth-order valence-electron chi connectivity index (χ4n) is 4.40. The quantitative estimate of drug-likeness (QED) is 0.550. The van der Waals surface area contributed by atoms with Crippen LogP contribution in [0.2, 0.25) is 0 Å². The normalized spacial score (nSPS) is 14.4. The number of likely N-dealkylation sites (tertiary alicyclic amines) is 1. The van der Waals surface area contributed by atoms with Crippen LogP contribution in [0.1, 0.15) is 48.1 Å². The number of nitrogens with zero attached hydrogens (tertiary/aromatic N) is 3. The number of rotatable bonds is 8. The Morgan fingerprint density at radius 3 is 2.61 bits per heavy atom. The molecule has 164 valence electrons. The molecule has 0 spiro atoms. The standard InChI is InChI=1S/C26H34N4O/c1-19-10-15-30-23(18-25(31)27-11-4-5-12-29-13-6-7-14-29)26(28-24(30)16-19)22-9-8-20(2)21(3)17-22/h8-10,15-17H,4-7,11-14,18H2,1-3H3,(H,27,31). The zero-order chi connectivity index (χ0) is 21.8. The molecule has 5 heteroatoms. The van der Waals surface area contributed by atoms with Gasteiger partial charge in [-0.05, 0) is 101 Å². The van der Waals surface area contributed by atoms with Crippen LogP contribution in [0.4, 0.5) is 0 Å². The molecular formula is C26H34N4O. The van der Waals surface area contributed by atoms with Gasteiger partial charge in [0.1, 0.15) is 5.65 Å². The number of carbonyl (C=O) groups is 1. The van der Waals surface area contributed by atoms with Crippen LogP contribution in [0, 0.1) is 20.8 Å². The molecule has 1 saturated heterocycles. The minimum Gasteiger partial charge on any atom is -0.356 e. The predicted molar refractivity (Wildman–Crippen MR) is 126 cm³/mol. The summed E-state index contributed by atoms with van der Waals surface area (Å²) in [6, 6.07) is 10.5. The maximum absolute atomic E-state index is 12.8. The number of aryl methyl sites for hydroxylation is 3. The fraction of sp³-hybridized carbons (Fsp3) is 0.462. The first kappa shape index (κ1) is 21.6. The van der Waals surface area contributed by atoms with E-state index in [0.29, 0.717) is 6.42 Å². The molecular weight excluding hydrogens is 384 g/mol. The molecule has 31 heavy (non-hydrogen) atoms. The topological polar surface area (TPSA) is 49.6 Å². The van der Waals surface area contributed by atoms with Crippen LogP contribution in [0.3, 0.4) is 0 Å². The molecule has 3 heterocycles. The lowest BCUT2D eigenvalue weighted by molar-refractivity contribution is -0.120. The Morgan fingerprint density at radius 1 is 1.03 bits per heavy atom. The maximum Gasteiger partial charge on any atom is 0.226 e. The predicted octanol–water partition coefficient (Wildman–Crippen LogP) is 4.46. The number of unbranched alkanes of at least 4 members (excludes halogenated alkanes) is 1. The Balaban J connectivity index is 1.46. The first-order valence-electron chi connectivity index (χ1n) is 11.6. The molecule has 1 aliphatic rings. The summed E-state index contributed by atoms with van der Waals surface area (Å²) in [6.45, 7) is 10.7. The van der Waals surface area contributed by atoms with Crippen LogP contribution < -0.4 is 5.32 Å². The van der Waals surface area contributed by atoms with Gasteiger partial charge in [-0.1, -0.05) is 12.1 Å². The molecule has 1 fully saturated rings. The molecule has 2 aromatic heterocycles. The number of benzene rings is 1. The SMILES string of the molecule is Cc1ccn2c(CC(=O)NCCCCN3CCCC3)c(-c3ccc(C)c(C)c3)nc2c1. The van der Waals surface area contributed by atoms with Crippen molar-refractivity contribution >= 4 is 11.6 Å². The summed E-state index contributed by atoms with van der Waals surface area (Å²) in [6.07, 6.45) is 7.19. The number of amides is 1. The van der Waals surface area contributed by atoms with Crippen LogP contribution in [0.5, 0.6) is 0 Å². The van der Waals surface area contributed by atoms with E-state index >= 15 is 0 Å². The van der Waals surface area contributed by atoms with E-state index in [9.17, 15) is 4.79 Å². The highest BCUT2D eigenvalue weighted by Gasteiger charge is 2.18. The third-order valence-electron chi connectivity index (χ3n) is 6.41. The monoisotopic (exact) mass is 418 g/mol. The lowest BCUT2D eigenvalue weighted by Gasteiger charge is -2.14. The lowest BCUT2D eigenvalue weighted by atomic mass is 10.0. The second kappa shape index (κ2) is 9.65. The van der Waals surface area contributed by atoms with E-state index in [1.54, 1.807) is 0 Å². The van der Waals surface area contributed by atoms with E-state index in [2.05, 4.69) is 65.7 Å². The van der Waals surface area contributed by atoms with Gasteiger partial charge in [-0.2, -0.15) is 0 Å². The second-order valence-corrected chi connectivity index (χ2v) is 8.92. The number of nitrogens with one attached hydrogen (secondary N) is 1. The summed E-state index contributed by atoms with van der Waals surface area (Å²) in [4.78, 5) is 20.2. The third-order valence-corrected chi connectivity index (χ3v) is 6.41. The highest BCUT2D eigenvalue weighted by atomic mass is 16.1. The average molecular weight is 419 g/mol. The average Bonchev–Trinajstić information content (AvgIpc) is 3.38. The van der Waals surface area contributed by atoms with Crippen molar-refractivity contribution in [3.8, 4) is 11.3 Å². The number of hydrogen-bond acceptors (Lipinski definition) is 3. The van der Waals surface area contributed by atoms with Gasteiger partial charge in [0, 0.05) is 18.3 Å². The number of pyridine rings is 1. The Hall–Kier alpha value is -2.66. The Morgan fingerprint density at radius 2 is 1.84 bits per heavy atom.